The Labute approximate surface area is 199 Å². The van der Waals surface area contributed by atoms with E-state index < -0.39 is 0 Å². The Bertz CT molecular complexity index is 746. The Morgan fingerprint density at radius 1 is 1.09 bits per heavy atom. The van der Waals surface area contributed by atoms with Crippen molar-refractivity contribution in [3.8, 4) is 18.1 Å². The molecule has 6 heteroatoms. The molecule has 2 amide bonds. The molecule has 2 aromatic carbocycles. The normalized spacial score (nSPS) is 10.3. The Morgan fingerprint density at radius 3 is 2.03 bits per heavy atom. The summed E-state index contributed by atoms with van der Waals surface area (Å²) in [6.45, 7) is 6.21. The third-order valence-corrected chi connectivity index (χ3v) is 4.28. The number of terminal acetylenes is 1. The van der Waals surface area contributed by atoms with Crippen LogP contribution in [0.3, 0.4) is 0 Å². The number of rotatable bonds is 8. The molecular formula is C26H37ClN2O3. The number of nitrogens with one attached hydrogen (secondary N) is 1. The van der Waals surface area contributed by atoms with Gasteiger partial charge in [0.15, 0.2) is 6.79 Å². The number of halogens is 1. The summed E-state index contributed by atoms with van der Waals surface area (Å²) in [5.41, 5.74) is 0.582. The van der Waals surface area contributed by atoms with E-state index in [0.29, 0.717) is 16.5 Å². The average molecular weight is 461 g/mol. The van der Waals surface area contributed by atoms with Crippen LogP contribution in [0.15, 0.2) is 54.6 Å². The number of carbonyl (C=O) groups is 1. The van der Waals surface area contributed by atoms with Crippen molar-refractivity contribution in [2.45, 2.75) is 52.6 Å². The Balaban J connectivity index is 0.000000648. The highest BCUT2D eigenvalue weighted by atomic mass is 35.5. The van der Waals surface area contributed by atoms with E-state index in [0.717, 1.165) is 0 Å². The highest BCUT2D eigenvalue weighted by molar-refractivity contribution is 6.32. The van der Waals surface area contributed by atoms with E-state index >= 15 is 0 Å². The third kappa shape index (κ3) is 15.2. The van der Waals surface area contributed by atoms with Gasteiger partial charge in [-0.3, -0.25) is 0 Å². The monoisotopic (exact) mass is 460 g/mol. The van der Waals surface area contributed by atoms with Crippen LogP contribution in [-0.4, -0.2) is 37.9 Å². The van der Waals surface area contributed by atoms with Crippen LogP contribution in [0.5, 0.6) is 5.75 Å². The molecule has 5 nitrogen and oxygen atoms in total. The highest BCUT2D eigenvalue weighted by Crippen LogP contribution is 2.27. The average Bonchev–Trinajstić information content (AvgIpc) is 2.80. The summed E-state index contributed by atoms with van der Waals surface area (Å²) < 4.78 is 10.5. The van der Waals surface area contributed by atoms with Gasteiger partial charge in [-0.05, 0) is 25.1 Å². The van der Waals surface area contributed by atoms with Gasteiger partial charge >= 0.3 is 6.03 Å². The number of amides is 2. The number of nitrogens with zero attached hydrogens (tertiary/aromatic N) is 1. The first-order valence-corrected chi connectivity index (χ1v) is 11.2. The van der Waals surface area contributed by atoms with Gasteiger partial charge in [0.2, 0.25) is 0 Å². The van der Waals surface area contributed by atoms with Crippen molar-refractivity contribution in [3.05, 3.63) is 59.6 Å². The summed E-state index contributed by atoms with van der Waals surface area (Å²) in [6, 6.07) is 16.7. The SMILES string of the molecule is C#CC(C)OCOc1ccc(NC(=O)N(C)C)cc1Cl.CCCCCC.c1ccccc1. The van der Waals surface area contributed by atoms with Crippen LogP contribution in [0.25, 0.3) is 0 Å². The molecule has 1 N–H and O–H groups in total. The Hall–Kier alpha value is -2.68. The van der Waals surface area contributed by atoms with Crippen LogP contribution < -0.4 is 10.1 Å². The molecule has 0 aliphatic rings. The number of unbranched alkanes of at least 4 members (excludes halogenated alkanes) is 3. The van der Waals surface area contributed by atoms with E-state index in [9.17, 15) is 4.79 Å². The van der Waals surface area contributed by atoms with Gasteiger partial charge in [-0.15, -0.1) is 6.42 Å². The molecule has 0 radical (unpaired) electrons. The first kappa shape index (κ1) is 29.3. The van der Waals surface area contributed by atoms with E-state index in [1.807, 2.05) is 36.4 Å². The molecule has 0 bridgehead atoms. The lowest BCUT2D eigenvalue weighted by Gasteiger charge is -2.14. The maximum atomic E-state index is 11.5. The molecule has 176 valence electrons. The van der Waals surface area contributed by atoms with Crippen molar-refractivity contribution in [1.82, 2.24) is 4.90 Å². The van der Waals surface area contributed by atoms with Crippen molar-refractivity contribution in [2.24, 2.45) is 0 Å². The van der Waals surface area contributed by atoms with Crippen molar-refractivity contribution in [3.63, 3.8) is 0 Å². The molecule has 0 saturated carbocycles. The second-order valence-corrected chi connectivity index (χ2v) is 7.48. The fraction of sp³-hybridized carbons (Fsp3) is 0.423. The minimum atomic E-state index is -0.326. The molecule has 32 heavy (non-hydrogen) atoms. The van der Waals surface area contributed by atoms with Crippen LogP contribution in [0.1, 0.15) is 46.5 Å². The second kappa shape index (κ2) is 19.0. The fourth-order valence-corrected chi connectivity index (χ4v) is 2.30. The molecule has 0 saturated heterocycles. The molecule has 0 spiro atoms. The Kier molecular flexibility index (Phi) is 17.4. The molecule has 0 fully saturated rings. The van der Waals surface area contributed by atoms with Gasteiger partial charge in [0, 0.05) is 19.8 Å². The van der Waals surface area contributed by atoms with Crippen LogP contribution in [-0.2, 0) is 4.74 Å². The smallest absolute Gasteiger partial charge is 0.321 e. The molecule has 0 heterocycles. The lowest BCUT2D eigenvalue weighted by Crippen LogP contribution is -2.27. The first-order chi connectivity index (χ1) is 15.3. The largest absolute Gasteiger partial charge is 0.466 e. The molecule has 1 unspecified atom stereocenters. The predicted molar refractivity (Wildman–Crippen MR) is 135 cm³/mol. The van der Waals surface area contributed by atoms with Crippen LogP contribution >= 0.6 is 11.6 Å². The van der Waals surface area contributed by atoms with Crippen LogP contribution in [0.4, 0.5) is 10.5 Å². The number of hydrogen-bond donors (Lipinski definition) is 1. The fourth-order valence-electron chi connectivity index (χ4n) is 2.06. The first-order valence-electron chi connectivity index (χ1n) is 10.8. The van der Waals surface area contributed by atoms with E-state index in [4.69, 9.17) is 27.5 Å². The number of carbonyl (C=O) groups excluding carboxylic acids is 1. The summed E-state index contributed by atoms with van der Waals surface area (Å²) in [4.78, 5) is 12.9. The molecule has 0 aliphatic heterocycles. The summed E-state index contributed by atoms with van der Waals surface area (Å²) in [5.74, 6) is 2.88. The van der Waals surface area contributed by atoms with Crippen LogP contribution in [0.2, 0.25) is 5.02 Å². The second-order valence-electron chi connectivity index (χ2n) is 7.07. The third-order valence-electron chi connectivity index (χ3n) is 3.98. The number of anilines is 1. The van der Waals surface area contributed by atoms with Gasteiger partial charge in [0.25, 0.3) is 0 Å². The maximum Gasteiger partial charge on any atom is 0.321 e. The van der Waals surface area contributed by atoms with Gasteiger partial charge in [-0.1, -0.05) is 93.5 Å². The minimum absolute atomic E-state index is 0.00842. The summed E-state index contributed by atoms with van der Waals surface area (Å²) in [6.07, 6.45) is 10.4. The molecule has 2 rings (SSSR count). The summed E-state index contributed by atoms with van der Waals surface area (Å²) >= 11 is 6.06. The van der Waals surface area contributed by atoms with Crippen molar-refractivity contribution < 1.29 is 14.3 Å². The molecule has 2 aromatic rings. The predicted octanol–water partition coefficient (Wildman–Crippen LogP) is 7.08. The Morgan fingerprint density at radius 2 is 1.62 bits per heavy atom. The quantitative estimate of drug-likeness (QED) is 0.260. The number of ether oxygens (including phenoxy) is 2. The minimum Gasteiger partial charge on any atom is -0.466 e. The van der Waals surface area contributed by atoms with Crippen molar-refractivity contribution in [2.75, 3.05) is 26.2 Å². The van der Waals surface area contributed by atoms with Gasteiger partial charge in [-0.2, -0.15) is 0 Å². The summed E-state index contributed by atoms with van der Waals surface area (Å²) in [5, 5.41) is 3.06. The molecule has 0 aromatic heterocycles. The standard InChI is InChI=1S/C14H17ClN2O3.C6H6.C6H14/c1-5-10(2)19-9-20-13-7-6-11(8-12(13)15)16-14(18)17(3)4;1-2-4-6-5-3-1;1-3-5-6-4-2/h1,6-8,10H,9H2,2-4H3,(H,16,18);1-6H;3-6H2,1-2H3. The van der Waals surface area contributed by atoms with Gasteiger partial charge in [0.05, 0.1) is 5.02 Å². The van der Waals surface area contributed by atoms with Crippen molar-refractivity contribution >= 4 is 23.3 Å². The lowest BCUT2D eigenvalue weighted by atomic mass is 10.2. The van der Waals surface area contributed by atoms with E-state index in [1.54, 1.807) is 39.2 Å². The number of urea groups is 1. The van der Waals surface area contributed by atoms with Crippen LogP contribution in [0, 0.1) is 12.3 Å². The number of benzene rings is 2. The zero-order valence-electron chi connectivity index (χ0n) is 19.9. The highest BCUT2D eigenvalue weighted by Gasteiger charge is 2.07. The van der Waals surface area contributed by atoms with E-state index in [2.05, 4.69) is 25.1 Å². The van der Waals surface area contributed by atoms with Gasteiger partial charge < -0.3 is 19.7 Å². The van der Waals surface area contributed by atoms with Crippen molar-refractivity contribution in [1.29, 1.82) is 0 Å². The zero-order chi connectivity index (χ0) is 24.2. The zero-order valence-corrected chi connectivity index (χ0v) is 20.7. The number of hydrogen-bond acceptors (Lipinski definition) is 3. The van der Waals surface area contributed by atoms with Gasteiger partial charge in [-0.25, -0.2) is 4.79 Å². The summed E-state index contributed by atoms with van der Waals surface area (Å²) in [7, 11) is 3.30. The molecule has 0 aliphatic carbocycles. The topological polar surface area (TPSA) is 50.8 Å². The maximum absolute atomic E-state index is 11.5. The molecule has 1 atom stereocenters. The van der Waals surface area contributed by atoms with E-state index in [-0.39, 0.29) is 18.9 Å². The van der Waals surface area contributed by atoms with E-state index in [1.165, 1.54) is 30.6 Å². The lowest BCUT2D eigenvalue weighted by molar-refractivity contribution is -0.00456. The van der Waals surface area contributed by atoms with Gasteiger partial charge in [0.1, 0.15) is 11.9 Å². The molecular weight excluding hydrogens is 424 g/mol.